The lowest BCUT2D eigenvalue weighted by Crippen LogP contribution is -2.47. The second kappa shape index (κ2) is 13.9. The Morgan fingerprint density at radius 1 is 1.03 bits per heavy atom. The van der Waals surface area contributed by atoms with Gasteiger partial charge in [-0.05, 0) is 61.8 Å². The minimum absolute atomic E-state index is 0.0167. The van der Waals surface area contributed by atoms with Crippen molar-refractivity contribution in [1.82, 2.24) is 10.2 Å². The van der Waals surface area contributed by atoms with Crippen LogP contribution in [0.15, 0.2) is 54.6 Å². The molecule has 2 heterocycles. The van der Waals surface area contributed by atoms with Crippen molar-refractivity contribution in [3.8, 4) is 5.75 Å². The predicted molar refractivity (Wildman–Crippen MR) is 146 cm³/mol. The minimum Gasteiger partial charge on any atom is -0.494 e. The summed E-state index contributed by atoms with van der Waals surface area (Å²) in [5.74, 6) is -0.972. The van der Waals surface area contributed by atoms with Gasteiger partial charge < -0.3 is 19.7 Å². The van der Waals surface area contributed by atoms with E-state index in [-0.39, 0.29) is 24.0 Å². The molecule has 4 rings (SSSR count). The van der Waals surface area contributed by atoms with Crippen molar-refractivity contribution in [3.05, 3.63) is 65.7 Å². The number of carbonyl (C=O) groups is 4. The first kappa shape index (κ1) is 28.3. The van der Waals surface area contributed by atoms with Gasteiger partial charge in [-0.1, -0.05) is 42.5 Å². The maximum atomic E-state index is 13.9. The average Bonchev–Trinajstić information content (AvgIpc) is 3.38. The largest absolute Gasteiger partial charge is 0.494 e. The van der Waals surface area contributed by atoms with Crippen LogP contribution in [0.5, 0.6) is 5.75 Å². The number of fused-ring (bicyclic) bond motifs is 2. The van der Waals surface area contributed by atoms with Gasteiger partial charge >= 0.3 is 5.97 Å². The number of carbonyl (C=O) groups excluding carboxylic acids is 4. The Kier molecular flexibility index (Phi) is 10.1. The van der Waals surface area contributed by atoms with E-state index in [1.807, 2.05) is 54.6 Å². The van der Waals surface area contributed by atoms with E-state index >= 15 is 0 Å². The van der Waals surface area contributed by atoms with Crippen LogP contribution in [0.3, 0.4) is 0 Å². The number of benzene rings is 2. The molecule has 2 aromatic carbocycles. The average molecular weight is 535 g/mol. The molecule has 1 fully saturated rings. The predicted octanol–water partition coefficient (Wildman–Crippen LogP) is 3.65. The lowest BCUT2D eigenvalue weighted by molar-refractivity contribution is -0.146. The van der Waals surface area contributed by atoms with Gasteiger partial charge in [0, 0.05) is 31.7 Å². The molecule has 0 spiro atoms. The van der Waals surface area contributed by atoms with Crippen LogP contribution in [0, 0.1) is 5.92 Å². The highest BCUT2D eigenvalue weighted by atomic mass is 16.5. The third-order valence-corrected chi connectivity index (χ3v) is 7.59. The summed E-state index contributed by atoms with van der Waals surface area (Å²) >= 11 is 0. The van der Waals surface area contributed by atoms with Gasteiger partial charge in [0.15, 0.2) is 5.78 Å². The number of hydrogen-bond donors (Lipinski definition) is 1. The van der Waals surface area contributed by atoms with Crippen LogP contribution in [0.2, 0.25) is 0 Å². The van der Waals surface area contributed by atoms with Crippen LogP contribution < -0.4 is 10.1 Å². The Labute approximate surface area is 230 Å². The zero-order valence-corrected chi connectivity index (χ0v) is 22.6. The SMILES string of the molecule is COC(=O)[C@@H]1CCCCOc2cccc(c2)C[C@H](N2CCCC2=O)C(=O)C[C@@H](CCc2ccccc2)C(=O)N1. The number of hydrogen-bond acceptors (Lipinski definition) is 6. The van der Waals surface area contributed by atoms with Gasteiger partial charge in [0.05, 0.1) is 19.8 Å². The van der Waals surface area contributed by atoms with E-state index in [0.29, 0.717) is 70.3 Å². The quantitative estimate of drug-likeness (QED) is 0.588. The second-order valence-electron chi connectivity index (χ2n) is 10.4. The molecule has 0 saturated carbocycles. The van der Waals surface area contributed by atoms with Gasteiger partial charge in [-0.2, -0.15) is 0 Å². The lowest BCUT2D eigenvalue weighted by Gasteiger charge is -2.29. The van der Waals surface area contributed by atoms with Crippen LogP contribution in [0.25, 0.3) is 0 Å². The minimum atomic E-state index is -0.802. The smallest absolute Gasteiger partial charge is 0.328 e. The van der Waals surface area contributed by atoms with Crippen molar-refractivity contribution in [2.75, 3.05) is 20.3 Å². The zero-order valence-electron chi connectivity index (χ0n) is 22.6. The van der Waals surface area contributed by atoms with E-state index < -0.39 is 24.0 Å². The maximum absolute atomic E-state index is 13.9. The molecule has 208 valence electrons. The molecule has 2 aliphatic rings. The summed E-state index contributed by atoms with van der Waals surface area (Å²) < 4.78 is 10.9. The Balaban J connectivity index is 1.63. The molecule has 2 aromatic rings. The molecule has 8 heteroatoms. The standard InChI is InChI=1S/C31H38N2O6/c1-38-31(37)26-13-5-6-18-39-25-12-7-11-23(19-25)20-27(33-17-8-14-29(33)35)28(34)21-24(30(36)32-26)16-15-22-9-3-2-4-10-22/h2-4,7,9-12,19,24,26-27H,5-6,8,13-18,20-21H2,1H3,(H,32,36)/t24-,26+,27+/m1/s1. The van der Waals surface area contributed by atoms with Crippen molar-refractivity contribution in [2.45, 2.75) is 69.9 Å². The number of Topliss-reactive ketones (excluding diaryl/α,β-unsaturated/α-hetero) is 1. The van der Waals surface area contributed by atoms with Crippen LogP contribution in [0.1, 0.15) is 56.1 Å². The summed E-state index contributed by atoms with van der Waals surface area (Å²) in [7, 11) is 1.30. The molecule has 0 radical (unpaired) electrons. The van der Waals surface area contributed by atoms with Crippen molar-refractivity contribution >= 4 is 23.6 Å². The fourth-order valence-electron chi connectivity index (χ4n) is 5.39. The van der Waals surface area contributed by atoms with Crippen molar-refractivity contribution in [3.63, 3.8) is 0 Å². The fourth-order valence-corrected chi connectivity index (χ4v) is 5.39. The van der Waals surface area contributed by atoms with E-state index in [9.17, 15) is 19.2 Å². The summed E-state index contributed by atoms with van der Waals surface area (Å²) in [4.78, 5) is 54.3. The number of amides is 2. The molecule has 2 bridgehead atoms. The Morgan fingerprint density at radius 2 is 1.85 bits per heavy atom. The van der Waals surface area contributed by atoms with Gasteiger partial charge in [0.25, 0.3) is 0 Å². The van der Waals surface area contributed by atoms with E-state index in [2.05, 4.69) is 5.32 Å². The van der Waals surface area contributed by atoms with Gasteiger partial charge in [-0.3, -0.25) is 14.4 Å². The Hall–Kier alpha value is -3.68. The molecule has 8 nitrogen and oxygen atoms in total. The summed E-state index contributed by atoms with van der Waals surface area (Å²) in [5.41, 5.74) is 1.98. The molecule has 0 aliphatic carbocycles. The van der Waals surface area contributed by atoms with Crippen molar-refractivity contribution < 1.29 is 28.7 Å². The number of ether oxygens (including phenoxy) is 2. The molecule has 2 aliphatic heterocycles. The van der Waals surface area contributed by atoms with Gasteiger partial charge in [0.1, 0.15) is 11.8 Å². The summed E-state index contributed by atoms with van der Waals surface area (Å²) in [6.45, 7) is 0.981. The highest BCUT2D eigenvalue weighted by Crippen LogP contribution is 2.25. The first-order chi connectivity index (χ1) is 18.9. The lowest BCUT2D eigenvalue weighted by atomic mass is 9.89. The van der Waals surface area contributed by atoms with Crippen molar-refractivity contribution in [1.29, 1.82) is 0 Å². The van der Waals surface area contributed by atoms with Crippen LogP contribution >= 0.6 is 0 Å². The van der Waals surface area contributed by atoms with Crippen LogP contribution in [0.4, 0.5) is 0 Å². The van der Waals surface area contributed by atoms with Crippen LogP contribution in [-0.2, 0) is 36.8 Å². The molecular weight excluding hydrogens is 496 g/mol. The second-order valence-corrected chi connectivity index (χ2v) is 10.4. The van der Waals surface area contributed by atoms with Gasteiger partial charge in [-0.25, -0.2) is 4.79 Å². The number of rotatable bonds is 5. The van der Waals surface area contributed by atoms with E-state index in [0.717, 1.165) is 11.1 Å². The fraction of sp³-hybridized carbons (Fsp3) is 0.484. The summed E-state index contributed by atoms with van der Waals surface area (Å²) in [6.07, 6.45) is 4.31. The number of likely N-dealkylation sites (tertiary alicyclic amines) is 1. The zero-order chi connectivity index (χ0) is 27.6. The number of nitrogens with zero attached hydrogens (tertiary/aromatic N) is 1. The molecular formula is C31H38N2O6. The Morgan fingerprint density at radius 3 is 2.59 bits per heavy atom. The third-order valence-electron chi connectivity index (χ3n) is 7.59. The number of nitrogens with one attached hydrogen (secondary N) is 1. The van der Waals surface area contributed by atoms with E-state index in [1.54, 1.807) is 4.90 Å². The molecule has 39 heavy (non-hydrogen) atoms. The number of ketones is 1. The molecule has 1 saturated heterocycles. The topological polar surface area (TPSA) is 102 Å². The maximum Gasteiger partial charge on any atom is 0.328 e. The molecule has 3 atom stereocenters. The number of methoxy groups -OCH3 is 1. The van der Waals surface area contributed by atoms with Crippen molar-refractivity contribution in [2.24, 2.45) is 5.92 Å². The third kappa shape index (κ3) is 7.91. The Bertz CT molecular complexity index is 1150. The normalized spacial score (nSPS) is 23.2. The van der Waals surface area contributed by atoms with Gasteiger partial charge in [-0.15, -0.1) is 0 Å². The number of esters is 1. The first-order valence-electron chi connectivity index (χ1n) is 13.9. The van der Waals surface area contributed by atoms with E-state index in [1.165, 1.54) is 7.11 Å². The van der Waals surface area contributed by atoms with Gasteiger partial charge in [0.2, 0.25) is 11.8 Å². The van der Waals surface area contributed by atoms with E-state index in [4.69, 9.17) is 9.47 Å². The summed E-state index contributed by atoms with van der Waals surface area (Å²) in [6, 6.07) is 16.0. The molecule has 1 N–H and O–H groups in total. The van der Waals surface area contributed by atoms with Crippen LogP contribution in [-0.4, -0.2) is 60.8 Å². The highest BCUT2D eigenvalue weighted by molar-refractivity contribution is 5.94. The molecule has 0 unspecified atom stereocenters. The first-order valence-corrected chi connectivity index (χ1v) is 13.9. The summed E-state index contributed by atoms with van der Waals surface area (Å²) in [5, 5.41) is 2.87. The highest BCUT2D eigenvalue weighted by Gasteiger charge is 2.36. The molecule has 0 aromatic heterocycles. The number of aryl methyl sites for hydroxylation is 1. The monoisotopic (exact) mass is 534 g/mol. The molecule has 2 amide bonds.